The summed E-state index contributed by atoms with van der Waals surface area (Å²) < 4.78 is 0.816. The van der Waals surface area contributed by atoms with Gasteiger partial charge in [0, 0.05) is 34.2 Å². The number of carbonyl (C=O) groups is 1. The molecule has 0 radical (unpaired) electrons. The molecule has 1 aromatic carbocycles. The van der Waals surface area contributed by atoms with Crippen LogP contribution in [0.25, 0.3) is 0 Å². The Labute approximate surface area is 140 Å². The van der Waals surface area contributed by atoms with Crippen LogP contribution in [0.15, 0.2) is 22.7 Å². The molecule has 1 aliphatic rings. The summed E-state index contributed by atoms with van der Waals surface area (Å²) in [5.74, 6) is -0.0825. The molecular weight excluding hydrogens is 352 g/mol. The van der Waals surface area contributed by atoms with Crippen molar-refractivity contribution in [2.24, 2.45) is 0 Å². The first-order valence-corrected chi connectivity index (χ1v) is 8.80. The first-order chi connectivity index (χ1) is 10.1. The molecule has 0 unspecified atom stereocenters. The molecule has 0 aliphatic heterocycles. The maximum Gasteiger partial charge on any atom is 0.251 e. The number of nitrogens with one attached hydrogen (secondary N) is 2. The topological polar surface area (TPSA) is 41.1 Å². The van der Waals surface area contributed by atoms with Gasteiger partial charge in [0.1, 0.15) is 0 Å². The largest absolute Gasteiger partial charge is 0.351 e. The molecule has 0 aromatic heterocycles. The molecule has 3 nitrogen and oxygen atoms in total. The molecule has 1 aliphatic carbocycles. The highest BCUT2D eigenvalue weighted by molar-refractivity contribution is 9.10. The second-order valence-corrected chi connectivity index (χ2v) is 6.91. The number of benzene rings is 1. The van der Waals surface area contributed by atoms with Gasteiger partial charge in [0.15, 0.2) is 0 Å². The van der Waals surface area contributed by atoms with Crippen LogP contribution >= 0.6 is 27.5 Å². The van der Waals surface area contributed by atoms with Gasteiger partial charge >= 0.3 is 0 Å². The van der Waals surface area contributed by atoms with Crippen molar-refractivity contribution in [3.05, 3.63) is 33.3 Å². The second kappa shape index (κ2) is 8.76. The molecule has 1 fully saturated rings. The summed E-state index contributed by atoms with van der Waals surface area (Å²) in [6.07, 6.45) is 7.88. The SMILES string of the molecule is O=C(NCCNC1CCCCCC1)c1cc(Cl)cc(Br)c1. The zero-order valence-corrected chi connectivity index (χ0v) is 14.5. The highest BCUT2D eigenvalue weighted by atomic mass is 79.9. The van der Waals surface area contributed by atoms with E-state index in [1.807, 2.05) is 0 Å². The van der Waals surface area contributed by atoms with E-state index in [4.69, 9.17) is 11.6 Å². The third kappa shape index (κ3) is 5.97. The van der Waals surface area contributed by atoms with Crippen molar-refractivity contribution in [1.82, 2.24) is 10.6 Å². The number of hydrogen-bond acceptors (Lipinski definition) is 2. The Kier molecular flexibility index (Phi) is 7.00. The van der Waals surface area contributed by atoms with E-state index in [9.17, 15) is 4.79 Å². The summed E-state index contributed by atoms with van der Waals surface area (Å²) in [7, 11) is 0. The number of hydrogen-bond donors (Lipinski definition) is 2. The fraction of sp³-hybridized carbons (Fsp3) is 0.562. The predicted octanol–water partition coefficient (Wildman–Crippen LogP) is 4.14. The van der Waals surface area contributed by atoms with E-state index in [2.05, 4.69) is 26.6 Å². The Bertz CT molecular complexity index is 453. The fourth-order valence-electron chi connectivity index (χ4n) is 2.72. The maximum absolute atomic E-state index is 12.0. The molecule has 5 heteroatoms. The van der Waals surface area contributed by atoms with E-state index in [0.717, 1.165) is 11.0 Å². The van der Waals surface area contributed by atoms with E-state index >= 15 is 0 Å². The lowest BCUT2D eigenvalue weighted by atomic mass is 10.1. The minimum Gasteiger partial charge on any atom is -0.351 e. The third-order valence-corrected chi connectivity index (χ3v) is 4.50. The van der Waals surface area contributed by atoms with Crippen molar-refractivity contribution in [2.75, 3.05) is 13.1 Å². The van der Waals surface area contributed by atoms with Crippen LogP contribution in [-0.2, 0) is 0 Å². The minimum absolute atomic E-state index is 0.0825. The second-order valence-electron chi connectivity index (χ2n) is 5.56. The van der Waals surface area contributed by atoms with Crippen LogP contribution in [0.5, 0.6) is 0 Å². The zero-order valence-electron chi connectivity index (χ0n) is 12.1. The lowest BCUT2D eigenvalue weighted by molar-refractivity contribution is 0.0953. The average molecular weight is 374 g/mol. The van der Waals surface area contributed by atoms with Gasteiger partial charge in [0.2, 0.25) is 0 Å². The molecule has 0 spiro atoms. The van der Waals surface area contributed by atoms with Crippen LogP contribution in [0.3, 0.4) is 0 Å². The van der Waals surface area contributed by atoms with Gasteiger partial charge in [0.05, 0.1) is 0 Å². The molecule has 116 valence electrons. The van der Waals surface area contributed by atoms with E-state index in [-0.39, 0.29) is 5.91 Å². The predicted molar refractivity (Wildman–Crippen MR) is 91.0 cm³/mol. The van der Waals surface area contributed by atoms with Crippen LogP contribution in [0.1, 0.15) is 48.9 Å². The van der Waals surface area contributed by atoms with Crippen molar-refractivity contribution >= 4 is 33.4 Å². The first-order valence-electron chi connectivity index (χ1n) is 7.63. The quantitative estimate of drug-likeness (QED) is 0.601. The lowest BCUT2D eigenvalue weighted by Crippen LogP contribution is -2.36. The summed E-state index contributed by atoms with van der Waals surface area (Å²) in [5.41, 5.74) is 0.587. The van der Waals surface area contributed by atoms with Gasteiger partial charge in [-0.15, -0.1) is 0 Å². The van der Waals surface area contributed by atoms with Crippen LogP contribution in [0.2, 0.25) is 5.02 Å². The van der Waals surface area contributed by atoms with Crippen LogP contribution in [0.4, 0.5) is 0 Å². The van der Waals surface area contributed by atoms with Crippen molar-refractivity contribution in [2.45, 2.75) is 44.6 Å². The molecule has 0 heterocycles. The average Bonchev–Trinajstić information content (AvgIpc) is 2.71. The Morgan fingerprint density at radius 3 is 2.52 bits per heavy atom. The molecule has 1 amide bonds. The molecule has 21 heavy (non-hydrogen) atoms. The van der Waals surface area contributed by atoms with Crippen molar-refractivity contribution < 1.29 is 4.79 Å². The highest BCUT2D eigenvalue weighted by Crippen LogP contribution is 2.19. The molecule has 2 N–H and O–H groups in total. The van der Waals surface area contributed by atoms with Crippen LogP contribution < -0.4 is 10.6 Å². The van der Waals surface area contributed by atoms with Gasteiger partial charge in [0.25, 0.3) is 5.91 Å². The monoisotopic (exact) mass is 372 g/mol. The Morgan fingerprint density at radius 1 is 1.14 bits per heavy atom. The van der Waals surface area contributed by atoms with Crippen LogP contribution in [0, 0.1) is 0 Å². The van der Waals surface area contributed by atoms with E-state index < -0.39 is 0 Å². The lowest BCUT2D eigenvalue weighted by Gasteiger charge is -2.16. The number of amides is 1. The number of carbonyl (C=O) groups excluding carboxylic acids is 1. The molecular formula is C16H22BrClN2O. The molecule has 2 rings (SSSR count). The number of halogens is 2. The Balaban J connectivity index is 1.71. The minimum atomic E-state index is -0.0825. The van der Waals surface area contributed by atoms with Gasteiger partial charge in [-0.05, 0) is 31.0 Å². The zero-order chi connectivity index (χ0) is 15.1. The maximum atomic E-state index is 12.0. The molecule has 0 atom stereocenters. The summed E-state index contributed by atoms with van der Waals surface area (Å²) >= 11 is 9.30. The van der Waals surface area contributed by atoms with E-state index in [1.165, 1.54) is 38.5 Å². The first kappa shape index (κ1) is 16.8. The van der Waals surface area contributed by atoms with E-state index in [1.54, 1.807) is 18.2 Å². The van der Waals surface area contributed by atoms with Gasteiger partial charge in [-0.25, -0.2) is 0 Å². The molecule has 0 bridgehead atoms. The van der Waals surface area contributed by atoms with Crippen molar-refractivity contribution in [3.8, 4) is 0 Å². The van der Waals surface area contributed by atoms with Crippen molar-refractivity contribution in [3.63, 3.8) is 0 Å². The highest BCUT2D eigenvalue weighted by Gasteiger charge is 2.11. The summed E-state index contributed by atoms with van der Waals surface area (Å²) in [6, 6.07) is 5.84. The summed E-state index contributed by atoms with van der Waals surface area (Å²) in [4.78, 5) is 12.0. The fourth-order valence-corrected chi connectivity index (χ4v) is 3.58. The third-order valence-electron chi connectivity index (χ3n) is 3.82. The normalized spacial score (nSPS) is 16.5. The van der Waals surface area contributed by atoms with Gasteiger partial charge in [-0.2, -0.15) is 0 Å². The van der Waals surface area contributed by atoms with Crippen molar-refractivity contribution in [1.29, 1.82) is 0 Å². The smallest absolute Gasteiger partial charge is 0.251 e. The molecule has 1 aromatic rings. The summed E-state index contributed by atoms with van der Waals surface area (Å²) in [5, 5.41) is 7.03. The Morgan fingerprint density at radius 2 is 1.86 bits per heavy atom. The van der Waals surface area contributed by atoms with Gasteiger partial charge < -0.3 is 10.6 Å². The number of rotatable bonds is 5. The Hall–Kier alpha value is -0.580. The van der Waals surface area contributed by atoms with E-state index in [0.29, 0.717) is 23.2 Å². The molecule has 0 saturated heterocycles. The van der Waals surface area contributed by atoms with Crippen LogP contribution in [-0.4, -0.2) is 25.0 Å². The summed E-state index contributed by atoms with van der Waals surface area (Å²) in [6.45, 7) is 1.46. The van der Waals surface area contributed by atoms with Gasteiger partial charge in [-0.3, -0.25) is 4.79 Å². The van der Waals surface area contributed by atoms with Gasteiger partial charge in [-0.1, -0.05) is 53.2 Å². The standard InChI is InChI=1S/C16H22BrClN2O/c17-13-9-12(10-14(18)11-13)16(21)20-8-7-19-15-5-3-1-2-4-6-15/h9-11,15,19H,1-8H2,(H,20,21). The molecule has 1 saturated carbocycles.